The van der Waals surface area contributed by atoms with Crippen LogP contribution in [0.3, 0.4) is 0 Å². The molecule has 0 bridgehead atoms. The Balaban J connectivity index is 2.61. The van der Waals surface area contributed by atoms with Crippen molar-refractivity contribution >= 4 is 17.5 Å². The van der Waals surface area contributed by atoms with Crippen molar-refractivity contribution < 1.29 is 14.6 Å². The standard InChI is InChI=1S/C13H20ClN3O3/c1-8(2)12-16-6-10(14)11(17-12)13(19)15-5-4-9(18)7-20-3/h6,8-9,18H,4-5,7H2,1-3H3,(H,15,19). The van der Waals surface area contributed by atoms with E-state index in [-0.39, 0.29) is 29.1 Å². The summed E-state index contributed by atoms with van der Waals surface area (Å²) in [5.41, 5.74) is 0.159. The van der Waals surface area contributed by atoms with E-state index in [0.717, 1.165) is 0 Å². The Morgan fingerprint density at radius 1 is 1.55 bits per heavy atom. The molecule has 1 atom stereocenters. The minimum absolute atomic E-state index is 0.113. The highest BCUT2D eigenvalue weighted by Gasteiger charge is 2.15. The number of ether oxygens (including phenoxy) is 1. The smallest absolute Gasteiger partial charge is 0.271 e. The van der Waals surface area contributed by atoms with Crippen LogP contribution in [0.2, 0.25) is 5.02 Å². The number of carbonyl (C=O) groups excluding carboxylic acids is 1. The molecular weight excluding hydrogens is 282 g/mol. The van der Waals surface area contributed by atoms with Crippen molar-refractivity contribution in [2.45, 2.75) is 32.3 Å². The molecule has 6 nitrogen and oxygen atoms in total. The molecule has 112 valence electrons. The lowest BCUT2D eigenvalue weighted by Gasteiger charge is -2.11. The Bertz CT molecular complexity index is 454. The van der Waals surface area contributed by atoms with Crippen LogP contribution in [0.1, 0.15) is 42.5 Å². The summed E-state index contributed by atoms with van der Waals surface area (Å²) < 4.78 is 4.80. The normalized spacial score (nSPS) is 12.5. The third kappa shape index (κ3) is 5.03. The third-order valence-corrected chi connectivity index (χ3v) is 2.89. The molecule has 1 heterocycles. The van der Waals surface area contributed by atoms with Crippen molar-refractivity contribution in [2.24, 2.45) is 0 Å². The van der Waals surface area contributed by atoms with Gasteiger partial charge in [0, 0.05) is 19.6 Å². The Labute approximate surface area is 123 Å². The van der Waals surface area contributed by atoms with E-state index < -0.39 is 6.10 Å². The average Bonchev–Trinajstić information content (AvgIpc) is 2.39. The maximum Gasteiger partial charge on any atom is 0.271 e. The van der Waals surface area contributed by atoms with Crippen LogP contribution in [0.15, 0.2) is 6.20 Å². The first kappa shape index (κ1) is 16.8. The van der Waals surface area contributed by atoms with Crippen LogP contribution in [0, 0.1) is 0 Å². The molecule has 1 amide bonds. The first-order valence-electron chi connectivity index (χ1n) is 6.43. The molecule has 7 heteroatoms. The van der Waals surface area contributed by atoms with Gasteiger partial charge >= 0.3 is 0 Å². The summed E-state index contributed by atoms with van der Waals surface area (Å²) in [7, 11) is 1.51. The summed E-state index contributed by atoms with van der Waals surface area (Å²) in [4.78, 5) is 20.2. The Hall–Kier alpha value is -1.24. The molecular formula is C13H20ClN3O3. The van der Waals surface area contributed by atoms with Crippen LogP contribution >= 0.6 is 11.6 Å². The van der Waals surface area contributed by atoms with E-state index in [0.29, 0.717) is 18.8 Å². The number of aliphatic hydroxyl groups is 1. The number of methoxy groups -OCH3 is 1. The molecule has 0 aliphatic carbocycles. The molecule has 0 aromatic carbocycles. The van der Waals surface area contributed by atoms with E-state index in [9.17, 15) is 9.90 Å². The lowest BCUT2D eigenvalue weighted by molar-refractivity contribution is 0.0587. The Morgan fingerprint density at radius 2 is 2.25 bits per heavy atom. The molecule has 0 aliphatic rings. The zero-order chi connectivity index (χ0) is 15.1. The lowest BCUT2D eigenvalue weighted by atomic mass is 10.2. The van der Waals surface area contributed by atoms with Crippen LogP contribution in [-0.4, -0.2) is 47.3 Å². The highest BCUT2D eigenvalue weighted by atomic mass is 35.5. The fraction of sp³-hybridized carbons (Fsp3) is 0.615. The molecule has 0 radical (unpaired) electrons. The molecule has 0 spiro atoms. The highest BCUT2D eigenvalue weighted by Crippen LogP contribution is 2.16. The number of amides is 1. The fourth-order valence-electron chi connectivity index (χ4n) is 1.53. The SMILES string of the molecule is COCC(O)CCNC(=O)c1nc(C(C)C)ncc1Cl. The van der Waals surface area contributed by atoms with Crippen molar-refractivity contribution in [1.29, 1.82) is 0 Å². The van der Waals surface area contributed by atoms with Crippen LogP contribution in [0.5, 0.6) is 0 Å². The van der Waals surface area contributed by atoms with Crippen molar-refractivity contribution in [3.05, 3.63) is 22.7 Å². The van der Waals surface area contributed by atoms with Gasteiger partial charge < -0.3 is 15.2 Å². The number of halogens is 1. The number of rotatable bonds is 7. The number of nitrogens with one attached hydrogen (secondary N) is 1. The van der Waals surface area contributed by atoms with E-state index in [1.165, 1.54) is 13.3 Å². The minimum Gasteiger partial charge on any atom is -0.391 e. The second-order valence-corrected chi connectivity index (χ2v) is 5.14. The molecule has 1 unspecified atom stereocenters. The van der Waals surface area contributed by atoms with Gasteiger partial charge in [-0.25, -0.2) is 9.97 Å². The van der Waals surface area contributed by atoms with Gasteiger partial charge in [-0.15, -0.1) is 0 Å². The minimum atomic E-state index is -0.604. The Morgan fingerprint density at radius 3 is 2.85 bits per heavy atom. The van der Waals surface area contributed by atoms with Gasteiger partial charge in [0.1, 0.15) is 11.5 Å². The number of aromatic nitrogens is 2. The zero-order valence-corrected chi connectivity index (χ0v) is 12.6. The quantitative estimate of drug-likeness (QED) is 0.795. The molecule has 1 rings (SSSR count). The van der Waals surface area contributed by atoms with Gasteiger partial charge in [-0.1, -0.05) is 25.4 Å². The second kappa shape index (κ2) is 8.14. The van der Waals surface area contributed by atoms with Crippen molar-refractivity contribution in [2.75, 3.05) is 20.3 Å². The van der Waals surface area contributed by atoms with Gasteiger partial charge in [-0.3, -0.25) is 4.79 Å². The lowest BCUT2D eigenvalue weighted by Crippen LogP contribution is -2.29. The summed E-state index contributed by atoms with van der Waals surface area (Å²) in [6.45, 7) is 4.43. The number of aliphatic hydroxyl groups excluding tert-OH is 1. The fourth-order valence-corrected chi connectivity index (χ4v) is 1.71. The van der Waals surface area contributed by atoms with Crippen LogP contribution in [0.25, 0.3) is 0 Å². The first-order chi connectivity index (χ1) is 9.45. The highest BCUT2D eigenvalue weighted by molar-refractivity contribution is 6.33. The van der Waals surface area contributed by atoms with Gasteiger partial charge in [0.15, 0.2) is 0 Å². The summed E-state index contributed by atoms with van der Waals surface area (Å²) in [6.07, 6.45) is 1.23. The van der Waals surface area contributed by atoms with E-state index in [4.69, 9.17) is 16.3 Å². The third-order valence-electron chi connectivity index (χ3n) is 2.62. The number of hydrogen-bond donors (Lipinski definition) is 2. The van der Waals surface area contributed by atoms with Crippen LogP contribution < -0.4 is 5.32 Å². The number of carbonyl (C=O) groups is 1. The maximum absolute atomic E-state index is 12.0. The summed E-state index contributed by atoms with van der Waals surface area (Å²) in [5.74, 6) is 0.310. The van der Waals surface area contributed by atoms with Gasteiger partial charge in [0.05, 0.1) is 23.9 Å². The van der Waals surface area contributed by atoms with Gasteiger partial charge in [0.2, 0.25) is 0 Å². The average molecular weight is 302 g/mol. The molecule has 0 saturated carbocycles. The monoisotopic (exact) mass is 301 g/mol. The van der Waals surface area contributed by atoms with Gasteiger partial charge in [-0.05, 0) is 6.42 Å². The summed E-state index contributed by atoms with van der Waals surface area (Å²) in [6, 6.07) is 0. The topological polar surface area (TPSA) is 84.3 Å². The van der Waals surface area contributed by atoms with Crippen LogP contribution in [0.4, 0.5) is 0 Å². The molecule has 0 saturated heterocycles. The van der Waals surface area contributed by atoms with E-state index in [1.807, 2.05) is 13.8 Å². The molecule has 0 aliphatic heterocycles. The van der Waals surface area contributed by atoms with E-state index in [1.54, 1.807) is 0 Å². The van der Waals surface area contributed by atoms with Gasteiger partial charge in [0.25, 0.3) is 5.91 Å². The maximum atomic E-state index is 12.0. The predicted octanol–water partition coefficient (Wildman–Crippen LogP) is 1.38. The number of nitrogens with zero attached hydrogens (tertiary/aromatic N) is 2. The molecule has 0 fully saturated rings. The Kier molecular flexibility index (Phi) is 6.84. The van der Waals surface area contributed by atoms with Crippen molar-refractivity contribution in [3.63, 3.8) is 0 Å². The largest absolute Gasteiger partial charge is 0.391 e. The molecule has 20 heavy (non-hydrogen) atoms. The second-order valence-electron chi connectivity index (χ2n) is 4.73. The predicted molar refractivity (Wildman–Crippen MR) is 76.0 cm³/mol. The molecule has 1 aromatic rings. The van der Waals surface area contributed by atoms with Crippen LogP contribution in [-0.2, 0) is 4.74 Å². The van der Waals surface area contributed by atoms with Crippen molar-refractivity contribution in [1.82, 2.24) is 15.3 Å². The zero-order valence-electron chi connectivity index (χ0n) is 11.9. The molecule has 1 aromatic heterocycles. The first-order valence-corrected chi connectivity index (χ1v) is 6.81. The number of hydrogen-bond acceptors (Lipinski definition) is 5. The van der Waals surface area contributed by atoms with Gasteiger partial charge in [-0.2, -0.15) is 0 Å². The van der Waals surface area contributed by atoms with E-state index >= 15 is 0 Å². The summed E-state index contributed by atoms with van der Waals surface area (Å²) in [5, 5.41) is 12.4. The van der Waals surface area contributed by atoms with Crippen molar-refractivity contribution in [3.8, 4) is 0 Å². The van der Waals surface area contributed by atoms with E-state index in [2.05, 4.69) is 15.3 Å². The molecule has 2 N–H and O–H groups in total. The summed E-state index contributed by atoms with van der Waals surface area (Å²) >= 11 is 5.93.